The molecule has 0 radical (unpaired) electrons. The first-order valence-corrected chi connectivity index (χ1v) is 11.6. The highest BCUT2D eigenvalue weighted by Crippen LogP contribution is 2.28. The van der Waals surface area contributed by atoms with Crippen LogP contribution in [0, 0.1) is 0 Å². The molecule has 0 bridgehead atoms. The molecule has 158 valence electrons. The average molecular weight is 428 g/mol. The van der Waals surface area contributed by atoms with Crippen LogP contribution in [0.4, 0.5) is 0 Å². The SMILES string of the molecule is O=C(Cn1c(-c2ccccc2)cc2ccccc21)NCCS(=O)(=O)N1CCOCC1. The highest BCUT2D eigenvalue weighted by Gasteiger charge is 2.24. The second-order valence-corrected chi connectivity index (χ2v) is 9.31. The third-order valence-electron chi connectivity index (χ3n) is 5.23. The summed E-state index contributed by atoms with van der Waals surface area (Å²) in [6, 6.07) is 19.9. The van der Waals surface area contributed by atoms with E-state index in [0.717, 1.165) is 22.2 Å². The first kappa shape index (κ1) is 20.6. The smallest absolute Gasteiger partial charge is 0.239 e. The number of benzene rings is 2. The zero-order valence-electron chi connectivity index (χ0n) is 16.7. The van der Waals surface area contributed by atoms with Crippen LogP contribution in [-0.2, 0) is 26.1 Å². The Morgan fingerprint density at radius 2 is 1.70 bits per heavy atom. The lowest BCUT2D eigenvalue weighted by atomic mass is 10.1. The molecule has 3 aromatic rings. The summed E-state index contributed by atoms with van der Waals surface area (Å²) in [6.45, 7) is 1.76. The molecule has 30 heavy (non-hydrogen) atoms. The van der Waals surface area contributed by atoms with Crippen LogP contribution < -0.4 is 5.32 Å². The number of carbonyl (C=O) groups is 1. The molecule has 0 atom stereocenters. The van der Waals surface area contributed by atoms with Gasteiger partial charge in [-0.2, -0.15) is 4.31 Å². The number of nitrogens with zero attached hydrogens (tertiary/aromatic N) is 2. The van der Waals surface area contributed by atoms with Crippen molar-refractivity contribution in [2.24, 2.45) is 0 Å². The van der Waals surface area contributed by atoms with Crippen LogP contribution in [-0.4, -0.2) is 61.8 Å². The molecule has 1 aliphatic rings. The quantitative estimate of drug-likeness (QED) is 0.626. The maximum absolute atomic E-state index is 12.6. The zero-order valence-corrected chi connectivity index (χ0v) is 17.5. The Morgan fingerprint density at radius 1 is 1.00 bits per heavy atom. The van der Waals surface area contributed by atoms with Crippen molar-refractivity contribution in [3.63, 3.8) is 0 Å². The molecule has 7 nitrogen and oxygen atoms in total. The maximum Gasteiger partial charge on any atom is 0.239 e. The van der Waals surface area contributed by atoms with E-state index >= 15 is 0 Å². The van der Waals surface area contributed by atoms with Crippen LogP contribution in [0.5, 0.6) is 0 Å². The van der Waals surface area contributed by atoms with Crippen molar-refractivity contribution in [3.8, 4) is 11.3 Å². The number of para-hydroxylation sites is 1. The summed E-state index contributed by atoms with van der Waals surface area (Å²) in [5, 5.41) is 3.82. The fourth-order valence-electron chi connectivity index (χ4n) is 3.70. The van der Waals surface area contributed by atoms with Gasteiger partial charge >= 0.3 is 0 Å². The number of rotatable bonds is 7. The van der Waals surface area contributed by atoms with Gasteiger partial charge in [0.1, 0.15) is 6.54 Å². The fourth-order valence-corrected chi connectivity index (χ4v) is 5.03. The summed E-state index contributed by atoms with van der Waals surface area (Å²) in [5.74, 6) is -0.331. The molecule has 1 amide bonds. The van der Waals surface area contributed by atoms with Crippen molar-refractivity contribution >= 4 is 26.8 Å². The molecule has 2 heterocycles. The molecule has 0 unspecified atom stereocenters. The van der Waals surface area contributed by atoms with Crippen molar-refractivity contribution in [1.82, 2.24) is 14.2 Å². The van der Waals surface area contributed by atoms with Gasteiger partial charge in [-0.25, -0.2) is 8.42 Å². The highest BCUT2D eigenvalue weighted by molar-refractivity contribution is 7.89. The van der Waals surface area contributed by atoms with E-state index < -0.39 is 10.0 Å². The van der Waals surface area contributed by atoms with Crippen LogP contribution in [0.2, 0.25) is 0 Å². The largest absolute Gasteiger partial charge is 0.379 e. The van der Waals surface area contributed by atoms with E-state index in [9.17, 15) is 13.2 Å². The van der Waals surface area contributed by atoms with Gasteiger partial charge in [0.25, 0.3) is 0 Å². The van der Waals surface area contributed by atoms with Gasteiger partial charge in [0.05, 0.1) is 19.0 Å². The second kappa shape index (κ2) is 8.99. The lowest BCUT2D eigenvalue weighted by Crippen LogP contribution is -2.44. The Morgan fingerprint density at radius 3 is 2.47 bits per heavy atom. The Balaban J connectivity index is 1.45. The minimum Gasteiger partial charge on any atom is -0.379 e. The van der Waals surface area contributed by atoms with E-state index in [-0.39, 0.29) is 24.7 Å². The summed E-state index contributed by atoms with van der Waals surface area (Å²) in [4.78, 5) is 12.6. The Hall–Kier alpha value is -2.68. The van der Waals surface area contributed by atoms with Crippen molar-refractivity contribution in [2.45, 2.75) is 6.54 Å². The van der Waals surface area contributed by atoms with E-state index in [0.29, 0.717) is 26.3 Å². The first-order valence-electron chi connectivity index (χ1n) is 10.0. The number of ether oxygens (including phenoxy) is 1. The third-order valence-corrected chi connectivity index (χ3v) is 7.10. The summed E-state index contributed by atoms with van der Waals surface area (Å²) in [7, 11) is -3.40. The highest BCUT2D eigenvalue weighted by atomic mass is 32.2. The summed E-state index contributed by atoms with van der Waals surface area (Å²) >= 11 is 0. The molecule has 1 aliphatic heterocycles. The van der Waals surface area contributed by atoms with Gasteiger partial charge < -0.3 is 14.6 Å². The number of morpholine rings is 1. The molecular weight excluding hydrogens is 402 g/mol. The number of fused-ring (bicyclic) bond motifs is 1. The van der Waals surface area contributed by atoms with Crippen LogP contribution in [0.15, 0.2) is 60.7 Å². The Kier molecular flexibility index (Phi) is 6.17. The van der Waals surface area contributed by atoms with Crippen molar-refractivity contribution < 1.29 is 17.9 Å². The molecule has 0 saturated carbocycles. The minimum absolute atomic E-state index is 0.0817. The standard InChI is InChI=1S/C22H25N3O4S/c26-22(23-10-15-30(27,28)24-11-13-29-14-12-24)17-25-20-9-5-4-8-19(20)16-21(25)18-6-2-1-3-7-18/h1-9,16H,10-15,17H2,(H,23,26). The van der Waals surface area contributed by atoms with Crippen LogP contribution in [0.3, 0.4) is 0 Å². The van der Waals surface area contributed by atoms with Gasteiger partial charge in [-0.15, -0.1) is 0 Å². The van der Waals surface area contributed by atoms with E-state index in [2.05, 4.69) is 11.4 Å². The zero-order chi connectivity index (χ0) is 21.0. The average Bonchev–Trinajstić information content (AvgIpc) is 3.13. The molecule has 8 heteroatoms. The molecular formula is C22H25N3O4S. The number of aromatic nitrogens is 1. The van der Waals surface area contributed by atoms with Crippen molar-refractivity contribution in [3.05, 3.63) is 60.7 Å². The van der Waals surface area contributed by atoms with E-state index in [1.54, 1.807) is 0 Å². The van der Waals surface area contributed by atoms with Gasteiger partial charge in [0.15, 0.2) is 0 Å². The summed E-state index contributed by atoms with van der Waals surface area (Å²) in [5.41, 5.74) is 2.94. The minimum atomic E-state index is -3.40. The Labute approximate surface area is 176 Å². The van der Waals surface area contributed by atoms with E-state index in [1.807, 2.05) is 59.2 Å². The molecule has 0 spiro atoms. The molecule has 4 rings (SSSR count). The van der Waals surface area contributed by atoms with Gasteiger partial charge in [-0.3, -0.25) is 4.79 Å². The van der Waals surface area contributed by atoms with Crippen molar-refractivity contribution in [2.75, 3.05) is 38.6 Å². The van der Waals surface area contributed by atoms with Crippen molar-refractivity contribution in [1.29, 1.82) is 0 Å². The van der Waals surface area contributed by atoms with Crippen LogP contribution in [0.25, 0.3) is 22.2 Å². The van der Waals surface area contributed by atoms with Crippen LogP contribution in [0.1, 0.15) is 0 Å². The van der Waals surface area contributed by atoms with Crippen LogP contribution >= 0.6 is 0 Å². The second-order valence-electron chi connectivity index (χ2n) is 7.22. The molecule has 0 aliphatic carbocycles. The summed E-state index contributed by atoms with van der Waals surface area (Å²) < 4.78 is 33.4. The lowest BCUT2D eigenvalue weighted by Gasteiger charge is -2.26. The number of hydrogen-bond acceptors (Lipinski definition) is 4. The predicted octanol–water partition coefficient (Wildman–Crippen LogP) is 2.09. The predicted molar refractivity (Wildman–Crippen MR) is 117 cm³/mol. The third kappa shape index (κ3) is 4.56. The first-order chi connectivity index (χ1) is 14.5. The number of nitrogens with one attached hydrogen (secondary N) is 1. The monoisotopic (exact) mass is 427 g/mol. The van der Waals surface area contributed by atoms with Gasteiger partial charge in [0.2, 0.25) is 15.9 Å². The number of hydrogen-bond donors (Lipinski definition) is 1. The van der Waals surface area contributed by atoms with Gasteiger partial charge in [0, 0.05) is 36.2 Å². The molecule has 1 N–H and O–H groups in total. The molecule has 1 aromatic heterocycles. The Bertz CT molecular complexity index is 1120. The summed E-state index contributed by atoms with van der Waals surface area (Å²) in [6.07, 6.45) is 0. The van der Waals surface area contributed by atoms with Gasteiger partial charge in [-0.1, -0.05) is 48.5 Å². The number of amides is 1. The lowest BCUT2D eigenvalue weighted by molar-refractivity contribution is -0.121. The number of carbonyl (C=O) groups excluding carboxylic acids is 1. The number of sulfonamides is 1. The van der Waals surface area contributed by atoms with Gasteiger partial charge in [-0.05, 0) is 17.7 Å². The fraction of sp³-hybridized carbons (Fsp3) is 0.318. The normalized spacial score (nSPS) is 15.3. The van der Waals surface area contributed by atoms with E-state index in [4.69, 9.17) is 4.74 Å². The molecule has 1 saturated heterocycles. The molecule has 1 fully saturated rings. The topological polar surface area (TPSA) is 80.6 Å². The maximum atomic E-state index is 12.6. The van der Waals surface area contributed by atoms with E-state index in [1.165, 1.54) is 4.31 Å². The molecule has 2 aromatic carbocycles.